The fourth-order valence-corrected chi connectivity index (χ4v) is 2.54. The van der Waals surface area contributed by atoms with Crippen LogP contribution in [0.15, 0.2) is 0 Å². The lowest BCUT2D eigenvalue weighted by atomic mass is 10.1. The van der Waals surface area contributed by atoms with Gasteiger partial charge in [-0.2, -0.15) is 0 Å². The van der Waals surface area contributed by atoms with Gasteiger partial charge in [0, 0.05) is 12.8 Å². The van der Waals surface area contributed by atoms with E-state index in [1.54, 1.807) is 0 Å². The zero-order valence-electron chi connectivity index (χ0n) is 9.37. The summed E-state index contributed by atoms with van der Waals surface area (Å²) >= 11 is 0. The van der Waals surface area contributed by atoms with Crippen molar-refractivity contribution in [2.24, 2.45) is 0 Å². The summed E-state index contributed by atoms with van der Waals surface area (Å²) < 4.78 is 0.859. The van der Waals surface area contributed by atoms with Crippen LogP contribution >= 0.6 is 0 Å². The Hall–Kier alpha value is -0.900. The van der Waals surface area contributed by atoms with Crippen molar-refractivity contribution in [2.75, 3.05) is 26.8 Å². The molecule has 0 atom stereocenters. The molecule has 84 valence electrons. The molecule has 2 fully saturated rings. The number of nitrogens with zero attached hydrogens (tertiary/aromatic N) is 2. The largest absolute Gasteiger partial charge is 0.309 e. The molecular formula is C11H19N2O2+. The maximum atomic E-state index is 11.5. The Morgan fingerprint density at radius 3 is 2.13 bits per heavy atom. The lowest BCUT2D eigenvalue weighted by molar-refractivity contribution is -0.920. The summed E-state index contributed by atoms with van der Waals surface area (Å²) in [6, 6.07) is 0. The molecule has 0 bridgehead atoms. The average molecular weight is 211 g/mol. The highest BCUT2D eigenvalue weighted by molar-refractivity contribution is 6.01. The molecule has 0 aromatic heterocycles. The monoisotopic (exact) mass is 211 g/mol. The minimum Gasteiger partial charge on any atom is -0.309 e. The molecule has 2 amide bonds. The van der Waals surface area contributed by atoms with E-state index in [0.717, 1.165) is 17.6 Å². The summed E-state index contributed by atoms with van der Waals surface area (Å²) in [5.41, 5.74) is 0. The lowest BCUT2D eigenvalue weighted by Crippen LogP contribution is -2.55. The Balaban J connectivity index is 2.00. The second-order valence-electron chi connectivity index (χ2n) is 4.98. The zero-order valence-corrected chi connectivity index (χ0v) is 9.37. The Morgan fingerprint density at radius 2 is 1.60 bits per heavy atom. The average Bonchev–Trinajstić information content (AvgIpc) is 2.50. The van der Waals surface area contributed by atoms with E-state index in [1.165, 1.54) is 24.2 Å². The van der Waals surface area contributed by atoms with E-state index in [0.29, 0.717) is 19.5 Å². The van der Waals surface area contributed by atoms with Gasteiger partial charge >= 0.3 is 0 Å². The van der Waals surface area contributed by atoms with Crippen molar-refractivity contribution in [3.63, 3.8) is 0 Å². The number of imide groups is 1. The second kappa shape index (κ2) is 3.93. The molecule has 2 heterocycles. The number of likely N-dealkylation sites (tertiary alicyclic amines) is 2. The highest BCUT2D eigenvalue weighted by Gasteiger charge is 2.36. The van der Waals surface area contributed by atoms with E-state index in [-0.39, 0.29) is 11.8 Å². The highest BCUT2D eigenvalue weighted by Crippen LogP contribution is 2.20. The molecule has 0 N–H and O–H groups in total. The SMILES string of the molecule is C[N+]1(CN2C(=O)CCC2=O)CCCCC1. The molecule has 0 unspecified atom stereocenters. The predicted octanol–water partition coefficient (Wildman–Crippen LogP) is 0.723. The molecule has 0 aromatic carbocycles. The van der Waals surface area contributed by atoms with Crippen molar-refractivity contribution in [2.45, 2.75) is 32.1 Å². The van der Waals surface area contributed by atoms with Crippen molar-refractivity contribution in [1.29, 1.82) is 0 Å². The minimum atomic E-state index is 0.0184. The van der Waals surface area contributed by atoms with Gasteiger partial charge in [-0.15, -0.1) is 0 Å². The van der Waals surface area contributed by atoms with Gasteiger partial charge in [-0.05, 0) is 19.3 Å². The Bertz CT molecular complexity index is 266. The number of carbonyl (C=O) groups is 2. The molecule has 0 aliphatic carbocycles. The molecule has 2 aliphatic rings. The number of rotatable bonds is 2. The van der Waals surface area contributed by atoms with Gasteiger partial charge in [0.2, 0.25) is 11.8 Å². The molecule has 4 nitrogen and oxygen atoms in total. The Morgan fingerprint density at radius 1 is 1.07 bits per heavy atom. The highest BCUT2D eigenvalue weighted by atomic mass is 16.2. The number of amides is 2. The summed E-state index contributed by atoms with van der Waals surface area (Å²) in [7, 11) is 2.15. The summed E-state index contributed by atoms with van der Waals surface area (Å²) in [6.45, 7) is 2.78. The van der Waals surface area contributed by atoms with E-state index in [2.05, 4.69) is 7.05 Å². The first-order valence-corrected chi connectivity index (χ1v) is 5.77. The standard InChI is InChI=1S/C11H19N2O2/c1-13(7-3-2-4-8-13)9-12-10(14)5-6-11(12)15/h2-9H2,1H3/q+1. The van der Waals surface area contributed by atoms with Gasteiger partial charge in [0.1, 0.15) is 0 Å². The number of hydrogen-bond acceptors (Lipinski definition) is 2. The van der Waals surface area contributed by atoms with Gasteiger partial charge in [0.05, 0.1) is 20.1 Å². The van der Waals surface area contributed by atoms with Crippen molar-refractivity contribution in [1.82, 2.24) is 4.90 Å². The van der Waals surface area contributed by atoms with Crippen LogP contribution in [0.25, 0.3) is 0 Å². The van der Waals surface area contributed by atoms with Crippen molar-refractivity contribution in [3.8, 4) is 0 Å². The maximum absolute atomic E-state index is 11.5. The summed E-state index contributed by atoms with van der Waals surface area (Å²) in [6.07, 6.45) is 4.55. The molecule has 0 spiro atoms. The smallest absolute Gasteiger partial charge is 0.234 e. The first-order chi connectivity index (χ1) is 7.11. The van der Waals surface area contributed by atoms with E-state index in [4.69, 9.17) is 0 Å². The van der Waals surface area contributed by atoms with Gasteiger partial charge < -0.3 is 4.48 Å². The van der Waals surface area contributed by atoms with Gasteiger partial charge in [-0.25, -0.2) is 4.90 Å². The Labute approximate surface area is 90.4 Å². The summed E-state index contributed by atoms with van der Waals surface area (Å²) in [5, 5.41) is 0. The second-order valence-corrected chi connectivity index (χ2v) is 4.98. The maximum Gasteiger partial charge on any atom is 0.234 e. The molecule has 0 saturated carbocycles. The number of carbonyl (C=O) groups excluding carboxylic acids is 2. The van der Waals surface area contributed by atoms with E-state index in [1.807, 2.05) is 0 Å². The quantitative estimate of drug-likeness (QED) is 0.498. The molecule has 0 aromatic rings. The molecule has 2 saturated heterocycles. The van der Waals surface area contributed by atoms with Crippen molar-refractivity contribution >= 4 is 11.8 Å². The van der Waals surface area contributed by atoms with Crippen LogP contribution in [-0.2, 0) is 9.59 Å². The first kappa shape index (κ1) is 10.6. The van der Waals surface area contributed by atoms with Crippen LogP contribution in [0.4, 0.5) is 0 Å². The number of hydrogen-bond donors (Lipinski definition) is 0. The van der Waals surface area contributed by atoms with Crippen LogP contribution in [-0.4, -0.2) is 48.0 Å². The lowest BCUT2D eigenvalue weighted by Gasteiger charge is -2.39. The van der Waals surface area contributed by atoms with Crippen LogP contribution in [0.5, 0.6) is 0 Å². The van der Waals surface area contributed by atoms with Crippen molar-refractivity contribution < 1.29 is 14.1 Å². The van der Waals surface area contributed by atoms with Gasteiger partial charge in [0.15, 0.2) is 6.67 Å². The normalized spacial score (nSPS) is 26.1. The van der Waals surface area contributed by atoms with Crippen molar-refractivity contribution in [3.05, 3.63) is 0 Å². The Kier molecular flexibility index (Phi) is 2.78. The van der Waals surface area contributed by atoms with Gasteiger partial charge in [-0.1, -0.05) is 0 Å². The third-order valence-corrected chi connectivity index (χ3v) is 3.53. The fraction of sp³-hybridized carbons (Fsp3) is 0.818. The minimum absolute atomic E-state index is 0.0184. The van der Waals surface area contributed by atoms with E-state index in [9.17, 15) is 9.59 Å². The van der Waals surface area contributed by atoms with Gasteiger partial charge in [-0.3, -0.25) is 9.59 Å². The van der Waals surface area contributed by atoms with E-state index >= 15 is 0 Å². The summed E-state index contributed by atoms with van der Waals surface area (Å²) in [4.78, 5) is 24.5. The first-order valence-electron chi connectivity index (χ1n) is 5.77. The van der Waals surface area contributed by atoms with Crippen LogP contribution in [0.3, 0.4) is 0 Å². The van der Waals surface area contributed by atoms with Crippen LogP contribution in [0, 0.1) is 0 Å². The van der Waals surface area contributed by atoms with E-state index < -0.39 is 0 Å². The number of quaternary nitrogens is 1. The zero-order chi connectivity index (χ0) is 10.9. The molecular weight excluding hydrogens is 192 g/mol. The number of piperidine rings is 1. The topological polar surface area (TPSA) is 37.4 Å². The molecule has 2 rings (SSSR count). The fourth-order valence-electron chi connectivity index (χ4n) is 2.54. The van der Waals surface area contributed by atoms with Crippen LogP contribution < -0.4 is 0 Å². The van der Waals surface area contributed by atoms with Crippen LogP contribution in [0.1, 0.15) is 32.1 Å². The molecule has 2 aliphatic heterocycles. The molecule has 4 heteroatoms. The van der Waals surface area contributed by atoms with Crippen LogP contribution in [0.2, 0.25) is 0 Å². The predicted molar refractivity (Wildman–Crippen MR) is 55.7 cm³/mol. The third kappa shape index (κ3) is 2.20. The molecule has 0 radical (unpaired) electrons. The third-order valence-electron chi connectivity index (χ3n) is 3.53. The summed E-state index contributed by atoms with van der Waals surface area (Å²) in [5.74, 6) is 0.0369. The molecule has 15 heavy (non-hydrogen) atoms. The van der Waals surface area contributed by atoms with Gasteiger partial charge in [0.25, 0.3) is 0 Å².